The molecule has 0 unspecified atom stereocenters. The average Bonchev–Trinajstić information content (AvgIpc) is 2.37. The number of nitro benzene ring substituents is 1. The summed E-state index contributed by atoms with van der Waals surface area (Å²) < 4.78 is 18.6. The van der Waals surface area contributed by atoms with Crippen molar-refractivity contribution in [2.45, 2.75) is 45.4 Å². The van der Waals surface area contributed by atoms with E-state index in [0.29, 0.717) is 6.61 Å². The lowest BCUT2D eigenvalue weighted by Crippen LogP contribution is -2.02. The summed E-state index contributed by atoms with van der Waals surface area (Å²) in [6.45, 7) is 2.54. The summed E-state index contributed by atoms with van der Waals surface area (Å²) in [6.07, 6.45) is 6.64. The molecule has 0 aliphatic heterocycles. The topological polar surface area (TPSA) is 52.4 Å². The fraction of sp³-hybridized carbons (Fsp3) is 0.571. The summed E-state index contributed by atoms with van der Waals surface area (Å²) in [6, 6.07) is 3.91. The van der Waals surface area contributed by atoms with Gasteiger partial charge >= 0.3 is 5.69 Å². The highest BCUT2D eigenvalue weighted by Crippen LogP contribution is 2.29. The Bertz CT molecular complexity index is 410. The third-order valence-corrected chi connectivity index (χ3v) is 2.89. The van der Waals surface area contributed by atoms with Crippen molar-refractivity contribution in [1.82, 2.24) is 0 Å². The van der Waals surface area contributed by atoms with Crippen LogP contribution < -0.4 is 4.74 Å². The van der Waals surface area contributed by atoms with Crippen LogP contribution in [0.3, 0.4) is 0 Å². The smallest absolute Gasteiger partial charge is 0.346 e. The van der Waals surface area contributed by atoms with E-state index in [1.807, 2.05) is 0 Å². The molecular formula is C14H20FNO3. The third-order valence-electron chi connectivity index (χ3n) is 2.89. The van der Waals surface area contributed by atoms with E-state index >= 15 is 0 Å². The molecule has 19 heavy (non-hydrogen) atoms. The predicted octanol–water partition coefficient (Wildman–Crippen LogP) is 4.47. The van der Waals surface area contributed by atoms with Gasteiger partial charge in [0.05, 0.1) is 11.5 Å². The number of halogens is 1. The summed E-state index contributed by atoms with van der Waals surface area (Å²) in [5, 5.41) is 10.7. The molecule has 4 nitrogen and oxygen atoms in total. The van der Waals surface area contributed by atoms with Crippen molar-refractivity contribution >= 4 is 5.69 Å². The molecule has 106 valence electrons. The van der Waals surface area contributed by atoms with Crippen LogP contribution in [-0.2, 0) is 0 Å². The van der Waals surface area contributed by atoms with Crippen LogP contribution >= 0.6 is 0 Å². The van der Waals surface area contributed by atoms with Gasteiger partial charge in [0, 0.05) is 0 Å². The lowest BCUT2D eigenvalue weighted by Gasteiger charge is -2.06. The standard InChI is InChI=1S/C14H20FNO3/c1-2-3-4-5-6-7-11-19-13-10-8-9-12(15)14(13)16(17)18/h8-10H,2-7,11H2,1H3. The van der Waals surface area contributed by atoms with Crippen molar-refractivity contribution in [3.8, 4) is 5.75 Å². The van der Waals surface area contributed by atoms with Crippen LogP contribution in [0.5, 0.6) is 5.75 Å². The molecule has 1 rings (SSSR count). The fourth-order valence-electron chi connectivity index (χ4n) is 1.85. The molecule has 0 atom stereocenters. The van der Waals surface area contributed by atoms with Gasteiger partial charge in [0.2, 0.25) is 5.82 Å². The second kappa shape index (κ2) is 8.45. The molecule has 0 aromatic heterocycles. The summed E-state index contributed by atoms with van der Waals surface area (Å²) >= 11 is 0. The fourth-order valence-corrected chi connectivity index (χ4v) is 1.85. The minimum Gasteiger partial charge on any atom is -0.487 e. The van der Waals surface area contributed by atoms with Gasteiger partial charge in [0.1, 0.15) is 0 Å². The summed E-state index contributed by atoms with van der Waals surface area (Å²) in [5.41, 5.74) is -0.575. The van der Waals surface area contributed by atoms with Crippen LogP contribution in [0.15, 0.2) is 18.2 Å². The highest BCUT2D eigenvalue weighted by molar-refractivity contribution is 5.47. The van der Waals surface area contributed by atoms with Gasteiger partial charge in [-0.1, -0.05) is 45.1 Å². The number of hydrogen-bond acceptors (Lipinski definition) is 3. The Hall–Kier alpha value is -1.65. The SMILES string of the molecule is CCCCCCCCOc1cccc(F)c1[N+](=O)[O-]. The Morgan fingerprint density at radius 2 is 1.89 bits per heavy atom. The van der Waals surface area contributed by atoms with E-state index in [4.69, 9.17) is 4.74 Å². The van der Waals surface area contributed by atoms with E-state index in [1.165, 1.54) is 31.4 Å². The molecule has 1 aromatic rings. The van der Waals surface area contributed by atoms with Gasteiger partial charge < -0.3 is 4.74 Å². The Balaban J connectivity index is 2.37. The molecule has 0 heterocycles. The van der Waals surface area contributed by atoms with E-state index in [-0.39, 0.29) is 5.75 Å². The Morgan fingerprint density at radius 3 is 2.58 bits per heavy atom. The zero-order valence-corrected chi connectivity index (χ0v) is 11.2. The lowest BCUT2D eigenvalue weighted by molar-refractivity contribution is -0.388. The molecule has 0 bridgehead atoms. The van der Waals surface area contributed by atoms with Crippen molar-refractivity contribution in [3.05, 3.63) is 34.1 Å². The largest absolute Gasteiger partial charge is 0.487 e. The van der Waals surface area contributed by atoms with Crippen LogP contribution in [0.25, 0.3) is 0 Å². The Morgan fingerprint density at radius 1 is 1.21 bits per heavy atom. The molecule has 0 spiro atoms. The van der Waals surface area contributed by atoms with E-state index in [0.717, 1.165) is 25.3 Å². The minimum atomic E-state index is -0.856. The quantitative estimate of drug-likeness (QED) is 0.377. The first-order chi connectivity index (χ1) is 9.16. The van der Waals surface area contributed by atoms with Gasteiger partial charge in [0.15, 0.2) is 5.75 Å². The second-order valence-corrected chi connectivity index (χ2v) is 4.46. The number of para-hydroxylation sites is 1. The number of benzene rings is 1. The predicted molar refractivity (Wildman–Crippen MR) is 71.9 cm³/mol. The summed E-state index contributed by atoms with van der Waals surface area (Å²) in [7, 11) is 0. The second-order valence-electron chi connectivity index (χ2n) is 4.46. The van der Waals surface area contributed by atoms with Crippen LogP contribution in [0.1, 0.15) is 45.4 Å². The number of unbranched alkanes of at least 4 members (excludes halogenated alkanes) is 5. The first-order valence-corrected chi connectivity index (χ1v) is 6.72. The first-order valence-electron chi connectivity index (χ1n) is 6.72. The molecule has 0 saturated heterocycles. The molecular weight excluding hydrogens is 249 g/mol. The molecule has 0 radical (unpaired) electrons. The highest BCUT2D eigenvalue weighted by Gasteiger charge is 2.20. The molecule has 5 heteroatoms. The number of nitro groups is 1. The van der Waals surface area contributed by atoms with Gasteiger partial charge in [-0.15, -0.1) is 0 Å². The van der Waals surface area contributed by atoms with Crippen LogP contribution in [0, 0.1) is 15.9 Å². The highest BCUT2D eigenvalue weighted by atomic mass is 19.1. The Kier molecular flexibility index (Phi) is 6.85. The van der Waals surface area contributed by atoms with Gasteiger partial charge in [-0.05, 0) is 18.6 Å². The molecule has 0 amide bonds. The maximum atomic E-state index is 13.3. The molecule has 0 saturated carbocycles. The molecule has 0 aliphatic carbocycles. The van der Waals surface area contributed by atoms with Gasteiger partial charge in [-0.2, -0.15) is 4.39 Å². The molecule has 0 N–H and O–H groups in total. The van der Waals surface area contributed by atoms with E-state index in [1.54, 1.807) is 0 Å². The maximum Gasteiger partial charge on any atom is 0.346 e. The minimum absolute atomic E-state index is 0.0126. The van der Waals surface area contributed by atoms with E-state index in [9.17, 15) is 14.5 Å². The van der Waals surface area contributed by atoms with Crippen molar-refractivity contribution < 1.29 is 14.1 Å². The molecule has 0 aliphatic rings. The zero-order valence-electron chi connectivity index (χ0n) is 11.2. The van der Waals surface area contributed by atoms with Crippen molar-refractivity contribution in [2.75, 3.05) is 6.61 Å². The number of nitrogens with zero attached hydrogens (tertiary/aromatic N) is 1. The van der Waals surface area contributed by atoms with Crippen molar-refractivity contribution in [3.63, 3.8) is 0 Å². The number of rotatable bonds is 9. The summed E-state index contributed by atoms with van der Waals surface area (Å²) in [5.74, 6) is -0.844. The lowest BCUT2D eigenvalue weighted by atomic mass is 10.1. The van der Waals surface area contributed by atoms with Crippen LogP contribution in [0.2, 0.25) is 0 Å². The maximum absolute atomic E-state index is 13.3. The van der Waals surface area contributed by atoms with E-state index in [2.05, 4.69) is 6.92 Å². The van der Waals surface area contributed by atoms with Gasteiger partial charge in [-0.25, -0.2) is 0 Å². The number of ether oxygens (including phenoxy) is 1. The Labute approximate surface area is 112 Å². The normalized spacial score (nSPS) is 10.4. The number of hydrogen-bond donors (Lipinski definition) is 0. The van der Waals surface area contributed by atoms with Gasteiger partial charge in [-0.3, -0.25) is 10.1 Å². The van der Waals surface area contributed by atoms with Crippen LogP contribution in [0.4, 0.5) is 10.1 Å². The summed E-state index contributed by atoms with van der Waals surface area (Å²) in [4.78, 5) is 9.99. The zero-order chi connectivity index (χ0) is 14.1. The van der Waals surface area contributed by atoms with E-state index < -0.39 is 16.4 Å². The molecule has 0 fully saturated rings. The molecule has 1 aromatic carbocycles. The average molecular weight is 269 g/mol. The van der Waals surface area contributed by atoms with Gasteiger partial charge in [0.25, 0.3) is 0 Å². The van der Waals surface area contributed by atoms with Crippen molar-refractivity contribution in [1.29, 1.82) is 0 Å². The third kappa shape index (κ3) is 5.24. The van der Waals surface area contributed by atoms with Crippen molar-refractivity contribution in [2.24, 2.45) is 0 Å². The van der Waals surface area contributed by atoms with Crippen LogP contribution in [-0.4, -0.2) is 11.5 Å². The monoisotopic (exact) mass is 269 g/mol. The first kappa shape index (κ1) is 15.4.